The van der Waals surface area contributed by atoms with E-state index in [2.05, 4.69) is 24.4 Å². The molecule has 3 heteroatoms. The highest BCUT2D eigenvalue weighted by Crippen LogP contribution is 2.29. The van der Waals surface area contributed by atoms with Crippen LogP contribution in [-0.2, 0) is 6.42 Å². The minimum absolute atomic E-state index is 0.191. The Hall–Kier alpha value is -1.51. The third-order valence-electron chi connectivity index (χ3n) is 3.35. The molecule has 0 spiro atoms. The number of benzene rings is 2. The molecule has 1 unspecified atom stereocenters. The Morgan fingerprint density at radius 2 is 1.80 bits per heavy atom. The van der Waals surface area contributed by atoms with Gasteiger partial charge in [-0.3, -0.25) is 0 Å². The molecule has 0 heterocycles. The summed E-state index contributed by atoms with van der Waals surface area (Å²) in [4.78, 5) is 0. The number of ether oxygens (including phenoxy) is 1. The van der Waals surface area contributed by atoms with E-state index >= 15 is 0 Å². The van der Waals surface area contributed by atoms with E-state index in [-0.39, 0.29) is 6.04 Å². The van der Waals surface area contributed by atoms with Crippen LogP contribution in [0.1, 0.15) is 24.1 Å². The second-order valence-corrected chi connectivity index (χ2v) is 5.05. The van der Waals surface area contributed by atoms with Crippen LogP contribution in [-0.4, -0.2) is 13.7 Å². The lowest BCUT2D eigenvalue weighted by Gasteiger charge is -2.21. The summed E-state index contributed by atoms with van der Waals surface area (Å²) in [5, 5.41) is 4.32. The summed E-state index contributed by atoms with van der Waals surface area (Å²) in [6, 6.07) is 16.3. The Labute approximate surface area is 125 Å². The van der Waals surface area contributed by atoms with Crippen LogP contribution in [0.15, 0.2) is 48.5 Å². The highest BCUT2D eigenvalue weighted by Gasteiger charge is 2.16. The summed E-state index contributed by atoms with van der Waals surface area (Å²) < 4.78 is 5.47. The fourth-order valence-corrected chi connectivity index (χ4v) is 2.59. The molecule has 2 aromatic carbocycles. The molecular formula is C17H20ClNO. The summed E-state index contributed by atoms with van der Waals surface area (Å²) in [5.41, 5.74) is 2.31. The first-order chi connectivity index (χ1) is 9.76. The van der Waals surface area contributed by atoms with Crippen LogP contribution in [0.4, 0.5) is 0 Å². The number of halogens is 1. The number of hydrogen-bond acceptors (Lipinski definition) is 2. The second kappa shape index (κ2) is 7.32. The molecule has 0 saturated carbocycles. The average Bonchev–Trinajstić information content (AvgIpc) is 2.49. The molecule has 1 N–H and O–H groups in total. The van der Waals surface area contributed by atoms with Crippen molar-refractivity contribution in [3.63, 3.8) is 0 Å². The van der Waals surface area contributed by atoms with Gasteiger partial charge in [0.1, 0.15) is 5.75 Å². The van der Waals surface area contributed by atoms with Crippen molar-refractivity contribution in [1.29, 1.82) is 0 Å². The highest BCUT2D eigenvalue weighted by atomic mass is 35.5. The van der Waals surface area contributed by atoms with Crippen LogP contribution >= 0.6 is 11.6 Å². The third kappa shape index (κ3) is 3.53. The number of nitrogens with one attached hydrogen (secondary N) is 1. The first-order valence-electron chi connectivity index (χ1n) is 6.86. The van der Waals surface area contributed by atoms with E-state index in [1.165, 1.54) is 0 Å². The molecule has 0 bridgehead atoms. The fraction of sp³-hybridized carbons (Fsp3) is 0.294. The number of hydrogen-bond donors (Lipinski definition) is 1. The van der Waals surface area contributed by atoms with Gasteiger partial charge in [0.2, 0.25) is 0 Å². The number of rotatable bonds is 6. The van der Waals surface area contributed by atoms with Gasteiger partial charge in [-0.2, -0.15) is 0 Å². The molecule has 106 valence electrons. The maximum absolute atomic E-state index is 6.27. The summed E-state index contributed by atoms with van der Waals surface area (Å²) >= 11 is 6.27. The van der Waals surface area contributed by atoms with Crippen LogP contribution in [0.25, 0.3) is 0 Å². The standard InChI is InChI=1S/C17H20ClNO/c1-3-19-16(12-13-8-4-6-10-15(13)18)14-9-5-7-11-17(14)20-2/h4-11,16,19H,3,12H2,1-2H3. The molecule has 2 aromatic rings. The quantitative estimate of drug-likeness (QED) is 0.859. The van der Waals surface area contributed by atoms with Crippen LogP contribution in [0, 0.1) is 0 Å². The molecular weight excluding hydrogens is 270 g/mol. The topological polar surface area (TPSA) is 21.3 Å². The molecule has 0 aliphatic rings. The molecule has 0 aromatic heterocycles. The Balaban J connectivity index is 2.29. The largest absolute Gasteiger partial charge is 0.496 e. The molecule has 1 atom stereocenters. The molecule has 0 fully saturated rings. The van der Waals surface area contributed by atoms with Crippen molar-refractivity contribution in [2.24, 2.45) is 0 Å². The van der Waals surface area contributed by atoms with Crippen molar-refractivity contribution in [2.45, 2.75) is 19.4 Å². The van der Waals surface area contributed by atoms with Crippen molar-refractivity contribution in [3.8, 4) is 5.75 Å². The molecule has 0 amide bonds. The molecule has 0 radical (unpaired) electrons. The van der Waals surface area contributed by atoms with Gasteiger partial charge in [-0.25, -0.2) is 0 Å². The van der Waals surface area contributed by atoms with E-state index in [9.17, 15) is 0 Å². The van der Waals surface area contributed by atoms with Crippen molar-refractivity contribution in [2.75, 3.05) is 13.7 Å². The predicted octanol–water partition coefficient (Wildman–Crippen LogP) is 4.24. The summed E-state index contributed by atoms with van der Waals surface area (Å²) in [7, 11) is 1.71. The Kier molecular flexibility index (Phi) is 5.45. The predicted molar refractivity (Wildman–Crippen MR) is 84.6 cm³/mol. The minimum atomic E-state index is 0.191. The van der Waals surface area contributed by atoms with Gasteiger partial charge in [0.15, 0.2) is 0 Å². The SMILES string of the molecule is CCNC(Cc1ccccc1Cl)c1ccccc1OC. The van der Waals surface area contributed by atoms with Crippen LogP contribution < -0.4 is 10.1 Å². The molecule has 2 rings (SSSR count). The van der Waals surface area contributed by atoms with E-state index < -0.39 is 0 Å². The van der Waals surface area contributed by atoms with Gasteiger partial charge in [0.05, 0.1) is 7.11 Å². The van der Waals surface area contributed by atoms with Gasteiger partial charge in [0, 0.05) is 16.6 Å². The van der Waals surface area contributed by atoms with Gasteiger partial charge >= 0.3 is 0 Å². The van der Waals surface area contributed by atoms with Crippen LogP contribution in [0.3, 0.4) is 0 Å². The first kappa shape index (κ1) is 14.9. The minimum Gasteiger partial charge on any atom is -0.496 e. The zero-order chi connectivity index (χ0) is 14.4. The zero-order valence-electron chi connectivity index (χ0n) is 11.9. The molecule has 0 aliphatic heterocycles. The van der Waals surface area contributed by atoms with Gasteiger partial charge in [0.25, 0.3) is 0 Å². The lowest BCUT2D eigenvalue weighted by atomic mass is 9.98. The lowest BCUT2D eigenvalue weighted by molar-refractivity contribution is 0.399. The van der Waals surface area contributed by atoms with E-state index in [0.717, 1.165) is 34.9 Å². The second-order valence-electron chi connectivity index (χ2n) is 4.65. The Bertz CT molecular complexity index is 556. The Morgan fingerprint density at radius 1 is 1.10 bits per heavy atom. The molecule has 2 nitrogen and oxygen atoms in total. The first-order valence-corrected chi connectivity index (χ1v) is 7.23. The average molecular weight is 290 g/mol. The van der Waals surface area contributed by atoms with Crippen LogP contribution in [0.5, 0.6) is 5.75 Å². The van der Waals surface area contributed by atoms with E-state index in [1.807, 2.05) is 36.4 Å². The summed E-state index contributed by atoms with van der Waals surface area (Å²) in [5.74, 6) is 0.908. The number of para-hydroxylation sites is 1. The zero-order valence-corrected chi connectivity index (χ0v) is 12.7. The van der Waals surface area contributed by atoms with E-state index in [4.69, 9.17) is 16.3 Å². The fourth-order valence-electron chi connectivity index (χ4n) is 2.38. The normalized spacial score (nSPS) is 12.2. The van der Waals surface area contributed by atoms with Crippen molar-refractivity contribution in [3.05, 3.63) is 64.7 Å². The van der Waals surface area contributed by atoms with E-state index in [0.29, 0.717) is 0 Å². The van der Waals surface area contributed by atoms with Crippen LogP contribution in [0.2, 0.25) is 5.02 Å². The molecule has 20 heavy (non-hydrogen) atoms. The number of likely N-dealkylation sites (N-methyl/N-ethyl adjacent to an activating group) is 1. The molecule has 0 saturated heterocycles. The van der Waals surface area contributed by atoms with Gasteiger partial charge in [-0.1, -0.05) is 54.9 Å². The van der Waals surface area contributed by atoms with Crippen molar-refractivity contribution >= 4 is 11.6 Å². The monoisotopic (exact) mass is 289 g/mol. The highest BCUT2D eigenvalue weighted by molar-refractivity contribution is 6.31. The van der Waals surface area contributed by atoms with Crippen molar-refractivity contribution < 1.29 is 4.74 Å². The maximum Gasteiger partial charge on any atom is 0.123 e. The van der Waals surface area contributed by atoms with E-state index in [1.54, 1.807) is 7.11 Å². The van der Waals surface area contributed by atoms with Gasteiger partial charge in [-0.05, 0) is 30.7 Å². The van der Waals surface area contributed by atoms with Gasteiger partial charge in [-0.15, -0.1) is 0 Å². The van der Waals surface area contributed by atoms with Gasteiger partial charge < -0.3 is 10.1 Å². The molecule has 0 aliphatic carbocycles. The smallest absolute Gasteiger partial charge is 0.123 e. The maximum atomic E-state index is 6.27. The summed E-state index contributed by atoms with van der Waals surface area (Å²) in [6.07, 6.45) is 0.841. The number of methoxy groups -OCH3 is 1. The lowest BCUT2D eigenvalue weighted by Crippen LogP contribution is -2.23. The summed E-state index contributed by atoms with van der Waals surface area (Å²) in [6.45, 7) is 3.00. The van der Waals surface area contributed by atoms with Crippen molar-refractivity contribution in [1.82, 2.24) is 5.32 Å². The Morgan fingerprint density at radius 3 is 2.50 bits per heavy atom. The third-order valence-corrected chi connectivity index (χ3v) is 3.72.